The van der Waals surface area contributed by atoms with Gasteiger partial charge in [0.2, 0.25) is 23.6 Å². The average molecular weight is 711 g/mol. The third kappa shape index (κ3) is 7.69. The van der Waals surface area contributed by atoms with E-state index < -0.39 is 6.04 Å². The van der Waals surface area contributed by atoms with E-state index in [0.717, 1.165) is 44.6 Å². The highest BCUT2D eigenvalue weighted by atomic mass is 16.5. The molecule has 1 saturated heterocycles. The number of carbonyl (C=O) groups is 4. The highest BCUT2D eigenvalue weighted by Gasteiger charge is 2.38. The molecule has 2 aromatic heterocycles. The Labute approximate surface area is 302 Å². The number of rotatable bonds is 3. The number of furan rings is 1. The van der Waals surface area contributed by atoms with Crippen LogP contribution in [0.5, 0.6) is 5.75 Å². The molecule has 13 nitrogen and oxygen atoms in total. The van der Waals surface area contributed by atoms with Crippen molar-refractivity contribution in [3.05, 3.63) is 82.6 Å². The Morgan fingerprint density at radius 2 is 1.77 bits per heavy atom. The number of amides is 4. The van der Waals surface area contributed by atoms with Gasteiger partial charge in [-0.1, -0.05) is 18.2 Å². The molecular weight excluding hydrogens is 664 g/mol. The van der Waals surface area contributed by atoms with Crippen LogP contribution in [-0.2, 0) is 43.3 Å². The predicted octanol–water partition coefficient (Wildman–Crippen LogP) is 3.23. The molecule has 3 aliphatic heterocycles. The van der Waals surface area contributed by atoms with Crippen molar-refractivity contribution in [2.24, 2.45) is 5.92 Å². The zero-order chi connectivity index (χ0) is 36.2. The van der Waals surface area contributed by atoms with Crippen LogP contribution in [0.15, 0.2) is 53.4 Å². The van der Waals surface area contributed by atoms with Crippen LogP contribution in [0.3, 0.4) is 0 Å². The molecule has 7 rings (SSSR count). The molecule has 52 heavy (non-hydrogen) atoms. The van der Waals surface area contributed by atoms with Crippen molar-refractivity contribution in [1.29, 1.82) is 0 Å². The van der Waals surface area contributed by atoms with E-state index in [9.17, 15) is 19.2 Å². The topological polar surface area (TPSA) is 148 Å². The van der Waals surface area contributed by atoms with Gasteiger partial charge in [-0.25, -0.2) is 4.98 Å². The Balaban J connectivity index is 1.11. The molecule has 1 fully saturated rings. The fourth-order valence-corrected chi connectivity index (χ4v) is 7.67. The van der Waals surface area contributed by atoms with Crippen molar-refractivity contribution in [3.8, 4) is 5.75 Å². The van der Waals surface area contributed by atoms with Gasteiger partial charge >= 0.3 is 0 Å². The number of nitrogens with zero attached hydrogens (tertiary/aromatic N) is 4. The number of fused-ring (bicyclic) bond motifs is 4. The van der Waals surface area contributed by atoms with Crippen molar-refractivity contribution in [2.75, 3.05) is 52.5 Å². The van der Waals surface area contributed by atoms with Crippen LogP contribution in [0.4, 0.5) is 0 Å². The standard InChI is InChI=1S/C39H46N6O7/c1-25-17-26(2)36-29(23-52-32(36)18-25)20-35(48)43-13-11-41-34(47)22-44-24-42-37-31(44)7-12-45(39(49)27-8-15-50-16-9-27)38(37)28-5-3-6-30(19-28)51-14-4-10-40-33(46)21-43/h3,5-6,17-19,23-24,27,38H,4,7-16,20-22H2,1-2H3,(H,40,46)(H,41,47). The molecule has 4 amide bonds. The Bertz CT molecular complexity index is 1960. The van der Waals surface area contributed by atoms with E-state index in [2.05, 4.69) is 16.7 Å². The monoisotopic (exact) mass is 710 g/mol. The Hall–Kier alpha value is -5.17. The Kier molecular flexibility index (Phi) is 10.6. The molecule has 2 aromatic carbocycles. The first-order valence-corrected chi connectivity index (χ1v) is 18.2. The molecule has 1 unspecified atom stereocenters. The lowest BCUT2D eigenvalue weighted by Gasteiger charge is -2.38. The number of hydrogen-bond acceptors (Lipinski definition) is 8. The van der Waals surface area contributed by atoms with Crippen molar-refractivity contribution in [2.45, 2.75) is 58.5 Å². The molecule has 13 heteroatoms. The number of nitrogens with one attached hydrogen (secondary N) is 2. The summed E-state index contributed by atoms with van der Waals surface area (Å²) < 4.78 is 19.3. The van der Waals surface area contributed by atoms with Crippen LogP contribution in [0, 0.1) is 19.8 Å². The molecule has 4 aromatic rings. The highest BCUT2D eigenvalue weighted by Crippen LogP contribution is 2.37. The lowest BCUT2D eigenvalue weighted by molar-refractivity contribution is -0.140. The van der Waals surface area contributed by atoms with Crippen molar-refractivity contribution in [3.63, 3.8) is 0 Å². The summed E-state index contributed by atoms with van der Waals surface area (Å²) in [5, 5.41) is 6.74. The molecule has 0 aliphatic carbocycles. The van der Waals surface area contributed by atoms with Crippen molar-refractivity contribution in [1.82, 2.24) is 30.0 Å². The number of imidazole rings is 1. The maximum Gasteiger partial charge on any atom is 0.240 e. The number of benzene rings is 2. The van der Waals surface area contributed by atoms with Gasteiger partial charge in [-0.3, -0.25) is 19.2 Å². The van der Waals surface area contributed by atoms with E-state index >= 15 is 0 Å². The molecule has 2 N–H and O–H groups in total. The quantitative estimate of drug-likeness (QED) is 0.330. The van der Waals surface area contributed by atoms with Crippen molar-refractivity contribution >= 4 is 34.6 Å². The average Bonchev–Trinajstić information content (AvgIpc) is 3.74. The molecule has 0 saturated carbocycles. The largest absolute Gasteiger partial charge is 0.494 e. The molecule has 5 heterocycles. The molecule has 6 bridgehead atoms. The lowest BCUT2D eigenvalue weighted by atomic mass is 9.91. The van der Waals surface area contributed by atoms with Crippen molar-refractivity contribution < 1.29 is 33.1 Å². The van der Waals surface area contributed by atoms with E-state index in [1.54, 1.807) is 12.6 Å². The number of ether oxygens (including phenoxy) is 2. The van der Waals surface area contributed by atoms with Crippen LogP contribution in [0.1, 0.15) is 58.9 Å². The Morgan fingerprint density at radius 3 is 2.62 bits per heavy atom. The third-order valence-electron chi connectivity index (χ3n) is 10.2. The van der Waals surface area contributed by atoms with Gasteiger partial charge in [-0.2, -0.15) is 0 Å². The first kappa shape index (κ1) is 35.2. The van der Waals surface area contributed by atoms with E-state index in [-0.39, 0.29) is 62.1 Å². The Morgan fingerprint density at radius 1 is 0.962 bits per heavy atom. The first-order valence-electron chi connectivity index (χ1n) is 18.2. The van der Waals surface area contributed by atoms with Crippen LogP contribution in [0.2, 0.25) is 0 Å². The number of aryl methyl sites for hydroxylation is 2. The first-order chi connectivity index (χ1) is 25.2. The number of aromatic nitrogens is 2. The van der Waals surface area contributed by atoms with E-state index in [0.29, 0.717) is 64.3 Å². The molecular formula is C39H46N6O7. The molecule has 1 atom stereocenters. The summed E-state index contributed by atoms with van der Waals surface area (Å²) in [5.41, 5.74) is 6.10. The van der Waals surface area contributed by atoms with Gasteiger partial charge in [0.15, 0.2) is 0 Å². The minimum atomic E-state index is -0.434. The SMILES string of the molecule is Cc1cc(C)c2c(CC(=O)N3CCNC(=O)Cn4cnc5c4CCN(C(=O)C4CCOCC4)C5c4cccc(c4)OCCCNC(=O)C3)coc2c1. The van der Waals surface area contributed by atoms with Crippen LogP contribution in [-0.4, -0.2) is 95.5 Å². The third-order valence-corrected chi connectivity index (χ3v) is 10.2. The summed E-state index contributed by atoms with van der Waals surface area (Å²) in [6, 6.07) is 11.3. The van der Waals surface area contributed by atoms with E-state index in [1.165, 1.54) is 4.90 Å². The zero-order valence-electron chi connectivity index (χ0n) is 29.8. The van der Waals surface area contributed by atoms with E-state index in [1.807, 2.05) is 53.6 Å². The second-order valence-corrected chi connectivity index (χ2v) is 14.0. The molecule has 0 radical (unpaired) electrons. The van der Waals surface area contributed by atoms with Gasteiger partial charge in [0.05, 0.1) is 37.9 Å². The van der Waals surface area contributed by atoms with Crippen LogP contribution in [0.25, 0.3) is 11.0 Å². The maximum absolute atomic E-state index is 14.0. The predicted molar refractivity (Wildman–Crippen MR) is 192 cm³/mol. The minimum absolute atomic E-state index is 0.0280. The van der Waals surface area contributed by atoms with Gasteiger partial charge < -0.3 is 38.9 Å². The van der Waals surface area contributed by atoms with Gasteiger partial charge in [-0.15, -0.1) is 0 Å². The maximum atomic E-state index is 14.0. The fraction of sp³-hybridized carbons (Fsp3) is 0.462. The van der Waals surface area contributed by atoms with Crippen LogP contribution < -0.4 is 15.4 Å². The van der Waals surface area contributed by atoms with Gasteiger partial charge in [0, 0.05) is 68.4 Å². The summed E-state index contributed by atoms with van der Waals surface area (Å²) in [6.45, 7) is 6.53. The summed E-state index contributed by atoms with van der Waals surface area (Å²) in [5.74, 6) is -0.157. The summed E-state index contributed by atoms with van der Waals surface area (Å²) in [7, 11) is 0. The lowest BCUT2D eigenvalue weighted by Crippen LogP contribution is -2.46. The van der Waals surface area contributed by atoms with Gasteiger partial charge in [-0.05, 0) is 68.0 Å². The van der Waals surface area contributed by atoms with Gasteiger partial charge in [0.1, 0.15) is 23.9 Å². The molecule has 0 spiro atoms. The second kappa shape index (κ2) is 15.6. The minimum Gasteiger partial charge on any atom is -0.494 e. The normalized spacial score (nSPS) is 19.5. The summed E-state index contributed by atoms with van der Waals surface area (Å²) in [4.78, 5) is 62.2. The summed E-state index contributed by atoms with van der Waals surface area (Å²) in [6.07, 6.45) is 5.81. The highest BCUT2D eigenvalue weighted by molar-refractivity contribution is 5.91. The second-order valence-electron chi connectivity index (χ2n) is 14.0. The summed E-state index contributed by atoms with van der Waals surface area (Å²) >= 11 is 0. The number of carbonyl (C=O) groups excluding carboxylic acids is 4. The fourth-order valence-electron chi connectivity index (χ4n) is 7.67. The van der Waals surface area contributed by atoms with E-state index in [4.69, 9.17) is 18.9 Å². The zero-order valence-corrected chi connectivity index (χ0v) is 29.8. The van der Waals surface area contributed by atoms with Crippen LogP contribution >= 0.6 is 0 Å². The molecule has 274 valence electrons. The number of hydrogen-bond donors (Lipinski definition) is 2. The molecule has 3 aliphatic rings. The smallest absolute Gasteiger partial charge is 0.240 e. The van der Waals surface area contributed by atoms with Gasteiger partial charge in [0.25, 0.3) is 0 Å².